The third-order valence-electron chi connectivity index (χ3n) is 3.39. The number of hydrazine groups is 1. The lowest BCUT2D eigenvalue weighted by Crippen LogP contribution is -2.43. The number of hydrogen-bond donors (Lipinski definition) is 3. The van der Waals surface area contributed by atoms with E-state index in [1.807, 2.05) is 31.2 Å². The third kappa shape index (κ3) is 7.10. The quantitative estimate of drug-likeness (QED) is 0.364. The molecule has 144 valence electrons. The van der Waals surface area contributed by atoms with Crippen LogP contribution in [0.25, 0.3) is 0 Å². The molecular formula is C19H22FN3O3S. The van der Waals surface area contributed by atoms with Crippen LogP contribution in [0, 0.1) is 5.82 Å². The summed E-state index contributed by atoms with van der Waals surface area (Å²) in [5, 5.41) is 2.76. The molecule has 2 aromatic carbocycles. The van der Waals surface area contributed by atoms with Gasteiger partial charge in [-0.25, -0.2) is 4.39 Å². The molecule has 0 unspecified atom stereocenters. The average Bonchev–Trinajstić information content (AvgIpc) is 2.67. The van der Waals surface area contributed by atoms with E-state index in [0.29, 0.717) is 31.1 Å². The third-order valence-corrected chi connectivity index (χ3v) is 3.60. The molecule has 27 heavy (non-hydrogen) atoms. The Morgan fingerprint density at radius 3 is 2.41 bits per heavy atom. The van der Waals surface area contributed by atoms with Crippen LogP contribution < -0.4 is 25.6 Å². The highest BCUT2D eigenvalue weighted by Gasteiger charge is 2.06. The molecule has 0 heterocycles. The first-order valence-electron chi connectivity index (χ1n) is 8.55. The summed E-state index contributed by atoms with van der Waals surface area (Å²) in [5.41, 5.74) is 5.22. The van der Waals surface area contributed by atoms with Gasteiger partial charge in [0.15, 0.2) is 16.6 Å². The van der Waals surface area contributed by atoms with Gasteiger partial charge >= 0.3 is 0 Å². The summed E-state index contributed by atoms with van der Waals surface area (Å²) in [5.74, 6) is 0.635. The van der Waals surface area contributed by atoms with Crippen molar-refractivity contribution in [3.05, 3.63) is 54.3 Å². The summed E-state index contributed by atoms with van der Waals surface area (Å²) in [6.07, 6.45) is 0.758. The first kappa shape index (κ1) is 20.4. The number of benzene rings is 2. The second-order valence-corrected chi connectivity index (χ2v) is 5.85. The zero-order valence-corrected chi connectivity index (χ0v) is 15.8. The molecule has 0 saturated heterocycles. The second-order valence-electron chi connectivity index (χ2n) is 5.44. The molecule has 0 aromatic heterocycles. The number of rotatable bonds is 8. The highest BCUT2D eigenvalue weighted by Crippen LogP contribution is 2.26. The van der Waals surface area contributed by atoms with E-state index in [1.54, 1.807) is 18.2 Å². The lowest BCUT2D eigenvalue weighted by atomic mass is 10.3. The van der Waals surface area contributed by atoms with Gasteiger partial charge in [0.1, 0.15) is 5.82 Å². The van der Waals surface area contributed by atoms with Gasteiger partial charge in [-0.1, -0.05) is 24.3 Å². The van der Waals surface area contributed by atoms with Gasteiger partial charge in [0.05, 0.1) is 18.9 Å². The Balaban J connectivity index is 1.65. The number of hydrogen-bond acceptors (Lipinski definition) is 4. The molecule has 0 spiro atoms. The number of carbonyl (C=O) groups is 1. The SMILES string of the molecule is CCOc1ccccc1OCCCC(=O)NNC(=S)Nc1ccccc1F. The van der Waals surface area contributed by atoms with Crippen LogP contribution in [0.4, 0.5) is 10.1 Å². The van der Waals surface area contributed by atoms with E-state index in [4.69, 9.17) is 21.7 Å². The van der Waals surface area contributed by atoms with E-state index in [-0.39, 0.29) is 23.1 Å². The highest BCUT2D eigenvalue weighted by molar-refractivity contribution is 7.80. The van der Waals surface area contributed by atoms with Crippen LogP contribution in [-0.4, -0.2) is 24.2 Å². The number of thiocarbonyl (C=S) groups is 1. The van der Waals surface area contributed by atoms with E-state index >= 15 is 0 Å². The molecule has 6 nitrogen and oxygen atoms in total. The van der Waals surface area contributed by atoms with E-state index in [1.165, 1.54) is 6.07 Å². The average molecular weight is 391 g/mol. The first-order valence-corrected chi connectivity index (χ1v) is 8.96. The monoisotopic (exact) mass is 391 g/mol. The summed E-state index contributed by atoms with van der Waals surface area (Å²) in [6.45, 7) is 2.82. The van der Waals surface area contributed by atoms with E-state index in [9.17, 15) is 9.18 Å². The molecule has 0 fully saturated rings. The Labute approximate surface area is 163 Å². The molecule has 2 aromatic rings. The maximum Gasteiger partial charge on any atom is 0.238 e. The molecule has 0 aliphatic heterocycles. The minimum atomic E-state index is -0.433. The molecule has 0 bridgehead atoms. The minimum Gasteiger partial charge on any atom is -0.490 e. The molecule has 8 heteroatoms. The van der Waals surface area contributed by atoms with Crippen molar-refractivity contribution in [2.24, 2.45) is 0 Å². The molecule has 0 aliphatic rings. The van der Waals surface area contributed by atoms with Crippen LogP contribution in [-0.2, 0) is 4.79 Å². The topological polar surface area (TPSA) is 71.6 Å². The van der Waals surface area contributed by atoms with Crippen molar-refractivity contribution in [1.29, 1.82) is 0 Å². The molecule has 3 N–H and O–H groups in total. The summed E-state index contributed by atoms with van der Waals surface area (Å²) < 4.78 is 24.6. The number of nitrogens with one attached hydrogen (secondary N) is 3. The minimum absolute atomic E-state index is 0.0929. The normalized spacial score (nSPS) is 10.0. The fourth-order valence-electron chi connectivity index (χ4n) is 2.16. The van der Waals surface area contributed by atoms with Gasteiger partial charge in [-0.3, -0.25) is 15.6 Å². The van der Waals surface area contributed by atoms with Gasteiger partial charge in [-0.2, -0.15) is 0 Å². The lowest BCUT2D eigenvalue weighted by Gasteiger charge is -2.13. The summed E-state index contributed by atoms with van der Waals surface area (Å²) in [6, 6.07) is 13.5. The van der Waals surface area contributed by atoms with Crippen molar-refractivity contribution in [2.75, 3.05) is 18.5 Å². The van der Waals surface area contributed by atoms with Crippen molar-refractivity contribution in [3.63, 3.8) is 0 Å². The molecule has 0 radical (unpaired) electrons. The Bertz CT molecular complexity index is 773. The Morgan fingerprint density at radius 2 is 1.70 bits per heavy atom. The summed E-state index contributed by atoms with van der Waals surface area (Å²) in [7, 11) is 0. The maximum atomic E-state index is 13.5. The standard InChI is InChI=1S/C19H22FN3O3S/c1-2-25-16-10-5-6-11-17(16)26-13-7-12-18(24)22-23-19(27)21-15-9-4-3-8-14(15)20/h3-6,8-11H,2,7,12-13H2,1H3,(H,22,24)(H2,21,23,27). The van der Waals surface area contributed by atoms with E-state index < -0.39 is 5.82 Å². The zero-order chi connectivity index (χ0) is 19.5. The maximum absolute atomic E-state index is 13.5. The van der Waals surface area contributed by atoms with Crippen molar-refractivity contribution in [1.82, 2.24) is 10.9 Å². The second kappa shape index (κ2) is 11.0. The van der Waals surface area contributed by atoms with Gasteiger partial charge in [-0.05, 0) is 49.8 Å². The summed E-state index contributed by atoms with van der Waals surface area (Å²) >= 11 is 5.01. The summed E-state index contributed by atoms with van der Waals surface area (Å²) in [4.78, 5) is 11.8. The van der Waals surface area contributed by atoms with Crippen LogP contribution in [0.1, 0.15) is 19.8 Å². The van der Waals surface area contributed by atoms with Gasteiger partial charge in [0.2, 0.25) is 5.91 Å². The van der Waals surface area contributed by atoms with Gasteiger partial charge in [-0.15, -0.1) is 0 Å². The van der Waals surface area contributed by atoms with Crippen molar-refractivity contribution in [2.45, 2.75) is 19.8 Å². The lowest BCUT2D eigenvalue weighted by molar-refractivity contribution is -0.121. The number of para-hydroxylation sites is 3. The van der Waals surface area contributed by atoms with Crippen molar-refractivity contribution in [3.8, 4) is 11.5 Å². The molecule has 2 rings (SSSR count). The van der Waals surface area contributed by atoms with Crippen LogP contribution >= 0.6 is 12.2 Å². The van der Waals surface area contributed by atoms with Gasteiger partial charge < -0.3 is 14.8 Å². The number of anilines is 1. The van der Waals surface area contributed by atoms with Gasteiger partial charge in [0.25, 0.3) is 0 Å². The largest absolute Gasteiger partial charge is 0.490 e. The Morgan fingerprint density at radius 1 is 1.04 bits per heavy atom. The van der Waals surface area contributed by atoms with Crippen molar-refractivity contribution >= 4 is 28.9 Å². The zero-order valence-electron chi connectivity index (χ0n) is 15.0. The van der Waals surface area contributed by atoms with Crippen LogP contribution in [0.15, 0.2) is 48.5 Å². The fourth-order valence-corrected chi connectivity index (χ4v) is 2.33. The molecule has 0 saturated carbocycles. The Hall–Kier alpha value is -2.87. The molecular weight excluding hydrogens is 369 g/mol. The van der Waals surface area contributed by atoms with E-state index in [0.717, 1.165) is 0 Å². The van der Waals surface area contributed by atoms with Crippen LogP contribution in [0.3, 0.4) is 0 Å². The highest BCUT2D eigenvalue weighted by atomic mass is 32.1. The fraction of sp³-hybridized carbons (Fsp3) is 0.263. The molecule has 1 amide bonds. The molecule has 0 aliphatic carbocycles. The number of carbonyl (C=O) groups excluding carboxylic acids is 1. The van der Waals surface area contributed by atoms with Crippen molar-refractivity contribution < 1.29 is 18.7 Å². The first-order chi connectivity index (χ1) is 13.1. The van der Waals surface area contributed by atoms with Crippen LogP contribution in [0.2, 0.25) is 0 Å². The number of ether oxygens (including phenoxy) is 2. The predicted octanol–water partition coefficient (Wildman–Crippen LogP) is 3.40. The van der Waals surface area contributed by atoms with Gasteiger partial charge in [0, 0.05) is 6.42 Å². The van der Waals surface area contributed by atoms with Crippen LogP contribution in [0.5, 0.6) is 11.5 Å². The smallest absolute Gasteiger partial charge is 0.238 e. The Kier molecular flexibility index (Phi) is 8.31. The number of amides is 1. The van der Waals surface area contributed by atoms with E-state index in [2.05, 4.69) is 16.2 Å². The predicted molar refractivity (Wildman–Crippen MR) is 106 cm³/mol. The number of halogens is 1. The molecule has 0 atom stereocenters.